The molecular weight excluding hydrogens is 935 g/mol. The Morgan fingerprint density at radius 3 is 1.05 bits per heavy atom. The van der Waals surface area contributed by atoms with Gasteiger partial charge in [-0.05, 0) is 60.2 Å². The minimum atomic E-state index is -0.609. The van der Waals surface area contributed by atoms with E-state index < -0.39 is 30.2 Å². The second-order valence-corrected chi connectivity index (χ2v) is 19.3. The van der Waals surface area contributed by atoms with Gasteiger partial charge in [0.2, 0.25) is 0 Å². The van der Waals surface area contributed by atoms with Crippen LogP contribution in [0.25, 0.3) is 159 Å². The van der Waals surface area contributed by atoms with Gasteiger partial charge < -0.3 is 27.0 Å². The topological polar surface area (TPSA) is 102 Å². The summed E-state index contributed by atoms with van der Waals surface area (Å²) in [6.45, 7) is 0. The third kappa shape index (κ3) is 5.14. The molecule has 17 rings (SSSR count). The van der Waals surface area contributed by atoms with Gasteiger partial charge in [-0.2, -0.15) is 10.5 Å². The van der Waals surface area contributed by atoms with Gasteiger partial charge in [0.15, 0.2) is 16.7 Å². The zero-order chi connectivity index (χ0) is 54.3. The molecule has 0 fully saturated rings. The van der Waals surface area contributed by atoms with Crippen molar-refractivity contribution in [3.8, 4) is 40.3 Å². The number of nitrogens with zero attached hydrogens (tertiary/aromatic N) is 5. The van der Waals surface area contributed by atoms with Crippen molar-refractivity contribution < 1.29 is 20.1 Å². The lowest BCUT2D eigenvalue weighted by Gasteiger charge is -2.26. The van der Waals surface area contributed by atoms with E-state index in [1.807, 2.05) is 177 Å². The van der Waals surface area contributed by atoms with E-state index in [0.717, 1.165) is 64.6 Å². The van der Waals surface area contributed by atoms with Gasteiger partial charge in [-0.1, -0.05) is 158 Å². The van der Waals surface area contributed by atoms with Crippen molar-refractivity contribution in [2.75, 3.05) is 0 Å². The molecule has 0 radical (unpaired) electrons. The van der Waals surface area contributed by atoms with E-state index >= 15 is 0 Å². The van der Waals surface area contributed by atoms with Crippen LogP contribution < -0.4 is 0 Å². The lowest BCUT2D eigenvalue weighted by Crippen LogP contribution is -2.14. The van der Waals surface area contributed by atoms with Gasteiger partial charge in [-0.3, -0.25) is 0 Å². The molecule has 17 aromatic rings. The molecule has 6 aromatic heterocycles. The number of furan rings is 3. The number of para-hydroxylation sites is 6. The summed E-state index contributed by atoms with van der Waals surface area (Å²) in [5.74, 6) is 0. The Balaban J connectivity index is 1.22. The molecule has 0 aliphatic rings. The van der Waals surface area contributed by atoms with Gasteiger partial charge >= 0.3 is 0 Å². The number of rotatable bonds is 4. The van der Waals surface area contributed by atoms with Gasteiger partial charge in [-0.15, -0.1) is 0 Å². The highest BCUT2D eigenvalue weighted by Crippen LogP contribution is 2.52. The normalized spacial score (nSPS) is 13.1. The molecule has 0 bridgehead atoms. The van der Waals surface area contributed by atoms with Crippen molar-refractivity contribution in [2.45, 2.75) is 0 Å². The Morgan fingerprint density at radius 1 is 0.329 bits per heavy atom. The molecule has 350 valence electrons. The predicted octanol–water partition coefficient (Wildman–Crippen LogP) is 18.1. The fourth-order valence-corrected chi connectivity index (χ4v) is 12.6. The van der Waals surface area contributed by atoms with Crippen LogP contribution in [0.3, 0.4) is 0 Å². The molecule has 0 aliphatic heterocycles. The van der Waals surface area contributed by atoms with Crippen molar-refractivity contribution in [1.82, 2.24) is 13.7 Å². The van der Waals surface area contributed by atoms with E-state index in [1.165, 1.54) is 0 Å². The molecule has 0 saturated carbocycles. The van der Waals surface area contributed by atoms with Crippen LogP contribution in [0.4, 0.5) is 0 Å². The summed E-state index contributed by atoms with van der Waals surface area (Å²) in [5.41, 5.74) is 7.31. The third-order valence-electron chi connectivity index (χ3n) is 15.6. The summed E-state index contributed by atoms with van der Waals surface area (Å²) in [4.78, 5) is 0. The van der Waals surface area contributed by atoms with Crippen molar-refractivity contribution >= 4 is 131 Å². The smallest absolute Gasteiger partial charge is 0.160 e. The Labute approximate surface area is 437 Å². The molecule has 76 heavy (non-hydrogen) atoms. The number of benzene rings is 11. The highest BCUT2D eigenvalue weighted by atomic mass is 16.3. The van der Waals surface area contributed by atoms with Crippen LogP contribution in [-0.4, -0.2) is 13.7 Å². The Morgan fingerprint density at radius 2 is 0.658 bits per heavy atom. The van der Waals surface area contributed by atoms with E-state index in [4.69, 9.17) is 14.6 Å². The van der Waals surface area contributed by atoms with E-state index in [0.29, 0.717) is 66.6 Å². The zero-order valence-electron chi connectivity index (χ0n) is 44.8. The molecular formula is C68H35N5O3. The van der Waals surface area contributed by atoms with Crippen LogP contribution in [-0.2, 0) is 0 Å². The molecule has 11 aromatic carbocycles. The average Bonchev–Trinajstić information content (AvgIpc) is 3.02. The molecule has 0 aliphatic carbocycles. The number of nitriles is 2. The molecule has 0 atom stereocenters. The summed E-state index contributed by atoms with van der Waals surface area (Å²) in [6.07, 6.45) is 0. The first-order valence-corrected chi connectivity index (χ1v) is 24.9. The molecule has 6 heterocycles. The molecule has 8 nitrogen and oxygen atoms in total. The van der Waals surface area contributed by atoms with E-state index in [9.17, 15) is 16.0 Å². The Kier molecular flexibility index (Phi) is 7.09. The molecule has 8 heteroatoms. The first-order chi connectivity index (χ1) is 39.7. The summed E-state index contributed by atoms with van der Waals surface area (Å²) in [6, 6.07) is 61.7. The molecule has 0 amide bonds. The molecule has 0 unspecified atom stereocenters. The van der Waals surface area contributed by atoms with Gasteiger partial charge in [0.1, 0.15) is 34.5 Å². The number of fused-ring (bicyclic) bond motifs is 21. The summed E-state index contributed by atoms with van der Waals surface area (Å²) < 4.78 is 74.1. The maximum Gasteiger partial charge on any atom is 0.160 e. The minimum Gasteiger partial charge on any atom is -0.454 e. The average molecular weight is 975 g/mol. The van der Waals surface area contributed by atoms with Crippen LogP contribution in [0, 0.1) is 22.7 Å². The van der Waals surface area contributed by atoms with E-state index in [2.05, 4.69) is 30.3 Å². The number of aromatic nitrogens is 3. The summed E-state index contributed by atoms with van der Waals surface area (Å²) >= 11 is 0. The predicted molar refractivity (Wildman–Crippen MR) is 306 cm³/mol. The van der Waals surface area contributed by atoms with Crippen LogP contribution in [0.1, 0.15) is 18.0 Å². The maximum absolute atomic E-state index is 12.9. The quantitative estimate of drug-likeness (QED) is 0.175. The van der Waals surface area contributed by atoms with Crippen LogP contribution >= 0.6 is 0 Å². The zero-order valence-corrected chi connectivity index (χ0v) is 39.8. The number of hydrogen-bond acceptors (Lipinski definition) is 5. The Hall–Kier alpha value is -10.8. The van der Waals surface area contributed by atoms with E-state index in [-0.39, 0.29) is 39.3 Å². The monoisotopic (exact) mass is 974 g/mol. The number of hydrogen-bond donors (Lipinski definition) is 0. The first kappa shape index (κ1) is 36.2. The summed E-state index contributed by atoms with van der Waals surface area (Å²) in [7, 11) is 0. The lowest BCUT2D eigenvalue weighted by molar-refractivity contribution is 0.670. The molecule has 0 spiro atoms. The standard InChI is InChI=1S/C68H35N5O3/c69-36-51-59(38-16-2-1-3-17-38)60(71-53-24-10-4-18-39(53)45-30-33-48-42-21-7-13-27-56(42)74-66(48)63(45)71)52(37-70)62(73-55-26-12-6-20-41(55)47-32-35-50-44-23-9-15-29-58(44)76-68(50)65(47)73)61(51)72-54-25-11-5-19-40(54)46-31-34-49-43-22-8-14-28-57(43)75-67(49)64(46)72/h1-35H/i1D,2D,3D,16D,17D. The fraction of sp³-hybridized carbons (Fsp3) is 0. The van der Waals surface area contributed by atoms with E-state index in [1.54, 1.807) is 0 Å². The highest BCUT2D eigenvalue weighted by molar-refractivity contribution is 6.26. The van der Waals surface area contributed by atoms with Gasteiger partial charge in [0.05, 0.1) is 62.6 Å². The fourth-order valence-electron chi connectivity index (χ4n) is 12.6. The molecule has 0 N–H and O–H groups in total. The van der Waals surface area contributed by atoms with Gasteiger partial charge in [-0.25, -0.2) is 0 Å². The second kappa shape index (κ2) is 14.9. The highest BCUT2D eigenvalue weighted by Gasteiger charge is 2.35. The second-order valence-electron chi connectivity index (χ2n) is 19.3. The Bertz CT molecular complexity index is 5810. The minimum absolute atomic E-state index is 0.0139. The lowest BCUT2D eigenvalue weighted by atomic mass is 9.91. The van der Waals surface area contributed by atoms with Gasteiger partial charge in [0.25, 0.3) is 0 Å². The van der Waals surface area contributed by atoms with Crippen LogP contribution in [0.15, 0.2) is 225 Å². The maximum atomic E-state index is 12.9. The largest absolute Gasteiger partial charge is 0.454 e. The van der Waals surface area contributed by atoms with Crippen LogP contribution in [0.5, 0.6) is 0 Å². The summed E-state index contributed by atoms with van der Waals surface area (Å²) in [5, 5.41) is 35.4. The van der Waals surface area contributed by atoms with Crippen molar-refractivity contribution in [3.63, 3.8) is 0 Å². The first-order valence-electron chi connectivity index (χ1n) is 27.4. The van der Waals surface area contributed by atoms with Crippen molar-refractivity contribution in [3.05, 3.63) is 223 Å². The molecule has 0 saturated heterocycles. The van der Waals surface area contributed by atoms with Crippen molar-refractivity contribution in [1.29, 1.82) is 10.5 Å². The van der Waals surface area contributed by atoms with Crippen LogP contribution in [0.2, 0.25) is 0 Å². The van der Waals surface area contributed by atoms with Crippen molar-refractivity contribution in [2.24, 2.45) is 0 Å². The SMILES string of the molecule is [2H]c1c([2H])c([2H])c(-c2c(C#N)c(-n3c4ccccc4c4ccc5c6ccccc6oc5c43)c(-n3c4ccccc4c4ccc5c6ccccc6oc5c43)c(C#N)c2-n2c3ccccc3c3ccc4c5ccccc5oc4c32)c([2H])c1[2H]. The third-order valence-corrected chi connectivity index (χ3v) is 15.6. The van der Waals surface area contributed by atoms with Gasteiger partial charge in [0, 0.05) is 70.2 Å².